The highest BCUT2D eigenvalue weighted by atomic mass is 16.4. The molecule has 1 aliphatic rings. The van der Waals surface area contributed by atoms with Crippen molar-refractivity contribution in [1.82, 2.24) is 4.57 Å². The van der Waals surface area contributed by atoms with Crippen molar-refractivity contribution in [2.75, 3.05) is 6.61 Å². The molecule has 26 heavy (non-hydrogen) atoms. The molecule has 4 rings (SSSR count). The minimum absolute atomic E-state index is 0.00393. The van der Waals surface area contributed by atoms with Gasteiger partial charge in [-0.1, -0.05) is 25.3 Å². The van der Waals surface area contributed by atoms with E-state index >= 15 is 0 Å². The van der Waals surface area contributed by atoms with Gasteiger partial charge in [0.2, 0.25) is 0 Å². The number of carbonyl (C=O) groups is 1. The topological polar surface area (TPSA) is 75.6 Å². The van der Waals surface area contributed by atoms with E-state index in [1.54, 1.807) is 24.7 Å². The lowest BCUT2D eigenvalue weighted by molar-refractivity contribution is 0.0697. The van der Waals surface area contributed by atoms with Gasteiger partial charge in [-0.05, 0) is 42.5 Å². The molecular weight excluding hydrogens is 330 g/mol. The number of fused-ring (bicyclic) bond motifs is 1. The monoisotopic (exact) mass is 353 g/mol. The number of benzene rings is 1. The number of rotatable bonds is 5. The number of carboxylic acids is 1. The van der Waals surface area contributed by atoms with Crippen LogP contribution in [0.2, 0.25) is 0 Å². The van der Waals surface area contributed by atoms with E-state index in [4.69, 9.17) is 4.42 Å². The van der Waals surface area contributed by atoms with Crippen LogP contribution in [0.4, 0.5) is 0 Å². The molecule has 0 bridgehead atoms. The summed E-state index contributed by atoms with van der Waals surface area (Å²) in [6.45, 7) is 0.419. The van der Waals surface area contributed by atoms with Gasteiger partial charge in [0.05, 0.1) is 30.4 Å². The van der Waals surface area contributed by atoms with Crippen LogP contribution >= 0.6 is 0 Å². The van der Waals surface area contributed by atoms with Gasteiger partial charge in [-0.15, -0.1) is 0 Å². The van der Waals surface area contributed by atoms with E-state index in [-0.39, 0.29) is 12.2 Å². The second kappa shape index (κ2) is 7.00. The number of hydrogen-bond donors (Lipinski definition) is 2. The van der Waals surface area contributed by atoms with Crippen LogP contribution in [0, 0.1) is 0 Å². The summed E-state index contributed by atoms with van der Waals surface area (Å²) in [5.41, 5.74) is 4.44. The van der Waals surface area contributed by atoms with Crippen molar-refractivity contribution in [3.63, 3.8) is 0 Å². The van der Waals surface area contributed by atoms with Crippen molar-refractivity contribution in [1.29, 1.82) is 0 Å². The maximum atomic E-state index is 11.5. The van der Waals surface area contributed by atoms with E-state index in [1.807, 2.05) is 12.1 Å². The van der Waals surface area contributed by atoms with Gasteiger partial charge in [0, 0.05) is 23.0 Å². The number of aromatic nitrogens is 1. The van der Waals surface area contributed by atoms with Gasteiger partial charge in [0.25, 0.3) is 0 Å². The third-order valence-corrected chi connectivity index (χ3v) is 5.48. The van der Waals surface area contributed by atoms with Gasteiger partial charge in [0.15, 0.2) is 0 Å². The molecule has 1 aliphatic carbocycles. The Morgan fingerprint density at radius 3 is 2.65 bits per heavy atom. The molecule has 0 saturated heterocycles. The largest absolute Gasteiger partial charge is 0.478 e. The predicted octanol–water partition coefficient (Wildman–Crippen LogP) is 4.64. The lowest BCUT2D eigenvalue weighted by Gasteiger charge is -2.23. The minimum atomic E-state index is -0.937. The first-order valence-electron chi connectivity index (χ1n) is 9.23. The number of furan rings is 1. The molecular formula is C21H23NO4. The predicted molar refractivity (Wildman–Crippen MR) is 99.5 cm³/mol. The average molecular weight is 353 g/mol. The molecule has 5 nitrogen and oxygen atoms in total. The Labute approximate surface area is 151 Å². The van der Waals surface area contributed by atoms with Crippen molar-refractivity contribution >= 4 is 16.9 Å². The molecule has 2 heterocycles. The van der Waals surface area contributed by atoms with E-state index in [2.05, 4.69) is 4.57 Å². The maximum Gasteiger partial charge on any atom is 0.335 e. The zero-order valence-corrected chi connectivity index (χ0v) is 14.6. The first-order chi connectivity index (χ1) is 12.7. The summed E-state index contributed by atoms with van der Waals surface area (Å²) in [4.78, 5) is 11.5. The number of aromatic carboxylic acids is 1. The molecule has 3 aromatic rings. The van der Waals surface area contributed by atoms with Gasteiger partial charge < -0.3 is 19.2 Å². The highest BCUT2D eigenvalue weighted by Gasteiger charge is 2.27. The maximum absolute atomic E-state index is 11.5. The zero-order valence-electron chi connectivity index (χ0n) is 14.6. The summed E-state index contributed by atoms with van der Waals surface area (Å²) in [7, 11) is 0. The Morgan fingerprint density at radius 2 is 2.00 bits per heavy atom. The summed E-state index contributed by atoms with van der Waals surface area (Å²) >= 11 is 0. The molecule has 136 valence electrons. The van der Waals surface area contributed by atoms with Crippen LogP contribution in [-0.2, 0) is 6.54 Å². The van der Waals surface area contributed by atoms with Crippen LogP contribution in [0.25, 0.3) is 22.2 Å². The van der Waals surface area contributed by atoms with E-state index in [1.165, 1.54) is 24.8 Å². The third kappa shape index (κ3) is 2.82. The first-order valence-corrected chi connectivity index (χ1v) is 9.23. The summed E-state index contributed by atoms with van der Waals surface area (Å²) in [5.74, 6) is -0.487. The van der Waals surface area contributed by atoms with Gasteiger partial charge in [-0.2, -0.15) is 0 Å². The Hall–Kier alpha value is -2.53. The molecule has 1 saturated carbocycles. The quantitative estimate of drug-likeness (QED) is 0.701. The van der Waals surface area contributed by atoms with Crippen molar-refractivity contribution in [3.05, 3.63) is 47.9 Å². The van der Waals surface area contributed by atoms with Crippen molar-refractivity contribution in [3.8, 4) is 11.3 Å². The summed E-state index contributed by atoms with van der Waals surface area (Å²) in [6, 6.07) is 7.27. The van der Waals surface area contributed by atoms with E-state index in [0.717, 1.165) is 35.0 Å². The third-order valence-electron chi connectivity index (χ3n) is 5.48. The fraction of sp³-hybridized carbons (Fsp3) is 0.381. The number of aliphatic hydroxyl groups excluding tert-OH is 1. The fourth-order valence-electron chi connectivity index (χ4n) is 4.36. The number of hydrogen-bond acceptors (Lipinski definition) is 3. The van der Waals surface area contributed by atoms with Crippen LogP contribution in [0.5, 0.6) is 0 Å². The summed E-state index contributed by atoms with van der Waals surface area (Å²) in [5, 5.41) is 20.1. The molecule has 0 radical (unpaired) electrons. The minimum Gasteiger partial charge on any atom is -0.478 e. The fourth-order valence-corrected chi connectivity index (χ4v) is 4.36. The normalized spacial score (nSPS) is 15.6. The van der Waals surface area contributed by atoms with Crippen LogP contribution in [-0.4, -0.2) is 27.4 Å². The molecule has 2 N–H and O–H groups in total. The SMILES string of the molecule is O=C(O)c1ccc2c(C3CCCCC3)c(-c3ccoc3)n(CCO)c2c1. The van der Waals surface area contributed by atoms with Crippen molar-refractivity contribution in [2.45, 2.75) is 44.6 Å². The number of aliphatic hydroxyl groups is 1. The Bertz CT molecular complexity index is 917. The highest BCUT2D eigenvalue weighted by molar-refractivity contribution is 5.98. The van der Waals surface area contributed by atoms with Gasteiger partial charge in [-0.3, -0.25) is 0 Å². The molecule has 1 aromatic carbocycles. The number of carboxylic acid groups (broad SMARTS) is 1. The second-order valence-electron chi connectivity index (χ2n) is 7.02. The molecule has 0 amide bonds. The Balaban J connectivity index is 2.02. The van der Waals surface area contributed by atoms with Gasteiger partial charge in [0.1, 0.15) is 0 Å². The number of nitrogens with zero attached hydrogens (tertiary/aromatic N) is 1. The zero-order chi connectivity index (χ0) is 18.1. The summed E-state index contributed by atoms with van der Waals surface area (Å²) < 4.78 is 7.38. The first kappa shape index (κ1) is 16.9. The molecule has 0 unspecified atom stereocenters. The molecule has 1 fully saturated rings. The summed E-state index contributed by atoms with van der Waals surface area (Å²) in [6.07, 6.45) is 9.38. The van der Waals surface area contributed by atoms with Crippen molar-refractivity contribution in [2.24, 2.45) is 0 Å². The molecule has 2 aromatic heterocycles. The Kier molecular flexibility index (Phi) is 4.55. The van der Waals surface area contributed by atoms with E-state index in [9.17, 15) is 15.0 Å². The van der Waals surface area contributed by atoms with Gasteiger partial charge in [-0.25, -0.2) is 4.79 Å². The second-order valence-corrected chi connectivity index (χ2v) is 7.02. The van der Waals surface area contributed by atoms with Gasteiger partial charge >= 0.3 is 5.97 Å². The van der Waals surface area contributed by atoms with Crippen LogP contribution in [0.15, 0.2) is 41.2 Å². The molecule has 0 aliphatic heterocycles. The smallest absolute Gasteiger partial charge is 0.335 e. The average Bonchev–Trinajstić information content (AvgIpc) is 3.28. The van der Waals surface area contributed by atoms with Crippen LogP contribution in [0.1, 0.15) is 53.9 Å². The lowest BCUT2D eigenvalue weighted by atomic mass is 9.82. The lowest BCUT2D eigenvalue weighted by Crippen LogP contribution is -2.08. The van der Waals surface area contributed by atoms with Crippen molar-refractivity contribution < 1.29 is 19.4 Å². The molecule has 0 spiro atoms. The molecule has 0 atom stereocenters. The highest BCUT2D eigenvalue weighted by Crippen LogP contribution is 2.44. The molecule has 5 heteroatoms. The van der Waals surface area contributed by atoms with E-state index in [0.29, 0.717) is 12.5 Å². The standard InChI is InChI=1S/C21H23NO4/c23-10-9-22-18-12-15(21(24)25)6-7-17(18)19(14-4-2-1-3-5-14)20(22)16-8-11-26-13-16/h6-8,11-14,23H,1-5,9-10H2,(H,24,25). The Morgan fingerprint density at radius 1 is 1.19 bits per heavy atom. The van der Waals surface area contributed by atoms with Crippen LogP contribution in [0.3, 0.4) is 0 Å². The van der Waals surface area contributed by atoms with E-state index < -0.39 is 5.97 Å². The van der Waals surface area contributed by atoms with Crippen LogP contribution < -0.4 is 0 Å².